The van der Waals surface area contributed by atoms with Crippen molar-refractivity contribution in [2.45, 2.75) is 45.6 Å². The van der Waals surface area contributed by atoms with Crippen molar-refractivity contribution in [3.8, 4) is 5.75 Å². The van der Waals surface area contributed by atoms with Gasteiger partial charge >= 0.3 is 0 Å². The Morgan fingerprint density at radius 3 is 2.71 bits per heavy atom. The van der Waals surface area contributed by atoms with Crippen LogP contribution in [0.3, 0.4) is 0 Å². The molecule has 2 aromatic carbocycles. The maximum absolute atomic E-state index is 12.9. The van der Waals surface area contributed by atoms with Crippen molar-refractivity contribution in [3.05, 3.63) is 54.4 Å². The number of imidazole rings is 1. The molecule has 0 bridgehead atoms. The van der Waals surface area contributed by atoms with Gasteiger partial charge in [0.05, 0.1) is 23.3 Å². The molecule has 4 rings (SSSR count). The lowest BCUT2D eigenvalue weighted by Crippen LogP contribution is -2.25. The van der Waals surface area contributed by atoms with E-state index in [1.54, 1.807) is 0 Å². The molecule has 146 valence electrons. The number of hydrogen-bond acceptors (Lipinski definition) is 3. The second-order valence-electron chi connectivity index (χ2n) is 7.27. The van der Waals surface area contributed by atoms with Crippen LogP contribution in [0.25, 0.3) is 11.0 Å². The summed E-state index contributed by atoms with van der Waals surface area (Å²) in [4.78, 5) is 19.7. The van der Waals surface area contributed by atoms with E-state index in [0.29, 0.717) is 19.6 Å². The van der Waals surface area contributed by atoms with Gasteiger partial charge in [0, 0.05) is 25.4 Å². The molecule has 3 aromatic rings. The van der Waals surface area contributed by atoms with E-state index in [4.69, 9.17) is 9.72 Å². The van der Waals surface area contributed by atoms with Crippen molar-refractivity contribution in [2.24, 2.45) is 0 Å². The number of carbonyl (C=O) groups excluding carboxylic acids is 1. The Balaban J connectivity index is 1.68. The summed E-state index contributed by atoms with van der Waals surface area (Å²) in [6, 6.07) is 16.0. The number of fused-ring (bicyclic) bond motifs is 1. The lowest BCUT2D eigenvalue weighted by Gasteiger charge is -2.20. The number of hydrogen-bond donors (Lipinski definition) is 0. The lowest BCUT2D eigenvalue weighted by molar-refractivity contribution is -0.117. The van der Waals surface area contributed by atoms with Gasteiger partial charge in [-0.05, 0) is 37.6 Å². The average molecular weight is 377 g/mol. The van der Waals surface area contributed by atoms with Crippen LogP contribution in [0.2, 0.25) is 0 Å². The maximum Gasteiger partial charge on any atom is 0.227 e. The van der Waals surface area contributed by atoms with Crippen LogP contribution in [0, 0.1) is 0 Å². The van der Waals surface area contributed by atoms with Crippen LogP contribution >= 0.6 is 0 Å². The van der Waals surface area contributed by atoms with Crippen molar-refractivity contribution in [1.29, 1.82) is 0 Å². The number of unbranched alkanes of at least 4 members (excludes halogenated alkanes) is 1. The zero-order chi connectivity index (χ0) is 19.5. The fourth-order valence-corrected chi connectivity index (χ4v) is 4.03. The molecule has 1 aromatic heterocycles. The number of ether oxygens (including phenoxy) is 1. The van der Waals surface area contributed by atoms with E-state index in [0.717, 1.165) is 47.7 Å². The van der Waals surface area contributed by atoms with Crippen molar-refractivity contribution in [1.82, 2.24) is 9.55 Å². The Kier molecular flexibility index (Phi) is 5.33. The summed E-state index contributed by atoms with van der Waals surface area (Å²) in [6.07, 6.45) is 2.71. The molecule has 1 aliphatic heterocycles. The van der Waals surface area contributed by atoms with Crippen LogP contribution in [-0.2, 0) is 11.3 Å². The zero-order valence-corrected chi connectivity index (χ0v) is 16.6. The second kappa shape index (κ2) is 8.05. The van der Waals surface area contributed by atoms with E-state index in [-0.39, 0.29) is 11.8 Å². The largest absolute Gasteiger partial charge is 0.492 e. The summed E-state index contributed by atoms with van der Waals surface area (Å²) in [5, 5.41) is 0. The van der Waals surface area contributed by atoms with Gasteiger partial charge in [0.2, 0.25) is 5.91 Å². The first-order chi connectivity index (χ1) is 13.7. The standard InChI is InChI=1S/C23H27N3O2/c1-3-5-14-25-19-11-7-6-10-18(19)24-23(25)17-15-22(27)26(16-17)20-12-8-9-13-21(20)28-4-2/h6-13,17H,3-5,14-16H2,1-2H3/t17-/m0/s1. The number of amides is 1. The number of rotatable bonds is 7. The van der Waals surface area contributed by atoms with Gasteiger partial charge < -0.3 is 14.2 Å². The molecule has 2 heterocycles. The molecule has 1 aliphatic rings. The van der Waals surface area contributed by atoms with E-state index < -0.39 is 0 Å². The summed E-state index contributed by atoms with van der Waals surface area (Å²) in [7, 11) is 0. The highest BCUT2D eigenvalue weighted by molar-refractivity contribution is 5.97. The van der Waals surface area contributed by atoms with Crippen molar-refractivity contribution < 1.29 is 9.53 Å². The normalized spacial score (nSPS) is 16.9. The molecule has 1 atom stereocenters. The summed E-state index contributed by atoms with van der Waals surface area (Å²) in [5.74, 6) is 2.01. The highest BCUT2D eigenvalue weighted by Gasteiger charge is 2.35. The smallest absolute Gasteiger partial charge is 0.227 e. The molecule has 1 saturated heterocycles. The zero-order valence-electron chi connectivity index (χ0n) is 16.6. The molecule has 0 N–H and O–H groups in total. The number of aryl methyl sites for hydroxylation is 1. The predicted octanol–water partition coefficient (Wildman–Crippen LogP) is 4.76. The summed E-state index contributed by atoms with van der Waals surface area (Å²) >= 11 is 0. The first-order valence-corrected chi connectivity index (χ1v) is 10.2. The lowest BCUT2D eigenvalue weighted by atomic mass is 10.1. The number of para-hydroxylation sites is 4. The molecule has 0 radical (unpaired) electrons. The highest BCUT2D eigenvalue weighted by Crippen LogP contribution is 2.37. The molecule has 0 saturated carbocycles. The number of nitrogens with zero attached hydrogens (tertiary/aromatic N) is 3. The van der Waals surface area contributed by atoms with E-state index >= 15 is 0 Å². The van der Waals surface area contributed by atoms with Crippen LogP contribution in [0.5, 0.6) is 5.75 Å². The molecule has 5 nitrogen and oxygen atoms in total. The van der Waals surface area contributed by atoms with Crippen LogP contribution < -0.4 is 9.64 Å². The summed E-state index contributed by atoms with van der Waals surface area (Å²) in [5.41, 5.74) is 3.02. The number of carbonyl (C=O) groups is 1. The summed E-state index contributed by atoms with van der Waals surface area (Å²) < 4.78 is 8.06. The van der Waals surface area contributed by atoms with Crippen LogP contribution in [0.1, 0.15) is 44.9 Å². The molecular weight excluding hydrogens is 350 g/mol. The fraction of sp³-hybridized carbons (Fsp3) is 0.391. The quantitative estimate of drug-likeness (QED) is 0.597. The maximum atomic E-state index is 12.9. The van der Waals surface area contributed by atoms with E-state index in [2.05, 4.69) is 29.7 Å². The van der Waals surface area contributed by atoms with Gasteiger partial charge in [0.15, 0.2) is 0 Å². The topological polar surface area (TPSA) is 47.4 Å². The van der Waals surface area contributed by atoms with E-state index in [9.17, 15) is 4.79 Å². The Labute approximate surface area is 165 Å². The monoisotopic (exact) mass is 377 g/mol. The third-order valence-corrected chi connectivity index (χ3v) is 5.37. The van der Waals surface area contributed by atoms with Gasteiger partial charge in [0.25, 0.3) is 0 Å². The Morgan fingerprint density at radius 2 is 1.89 bits per heavy atom. The van der Waals surface area contributed by atoms with E-state index in [1.165, 1.54) is 0 Å². The SMILES string of the molecule is CCCCn1c([C@H]2CC(=O)N(c3ccccc3OCC)C2)nc2ccccc21. The molecule has 1 amide bonds. The van der Waals surface area contributed by atoms with E-state index in [1.807, 2.05) is 42.2 Å². The van der Waals surface area contributed by atoms with Gasteiger partial charge in [-0.15, -0.1) is 0 Å². The third-order valence-electron chi connectivity index (χ3n) is 5.37. The van der Waals surface area contributed by atoms with Crippen LogP contribution in [-0.4, -0.2) is 28.6 Å². The Bertz CT molecular complexity index is 979. The molecule has 0 unspecified atom stereocenters. The fourth-order valence-electron chi connectivity index (χ4n) is 4.03. The second-order valence-corrected chi connectivity index (χ2v) is 7.27. The third kappa shape index (κ3) is 3.37. The number of benzene rings is 2. The van der Waals surface area contributed by atoms with Crippen LogP contribution in [0.15, 0.2) is 48.5 Å². The minimum absolute atomic E-state index is 0.0893. The molecule has 0 spiro atoms. The first kappa shape index (κ1) is 18.5. The summed E-state index contributed by atoms with van der Waals surface area (Å²) in [6.45, 7) is 6.31. The molecule has 5 heteroatoms. The predicted molar refractivity (Wildman–Crippen MR) is 112 cm³/mol. The molecular formula is C23H27N3O2. The molecule has 0 aliphatic carbocycles. The minimum atomic E-state index is 0.0893. The van der Waals surface area contributed by atoms with Crippen molar-refractivity contribution in [2.75, 3.05) is 18.1 Å². The Hall–Kier alpha value is -2.82. The number of aromatic nitrogens is 2. The first-order valence-electron chi connectivity index (χ1n) is 10.2. The van der Waals surface area contributed by atoms with Gasteiger partial charge in [-0.25, -0.2) is 4.98 Å². The number of anilines is 1. The van der Waals surface area contributed by atoms with Crippen LogP contribution in [0.4, 0.5) is 5.69 Å². The van der Waals surface area contributed by atoms with Gasteiger partial charge in [-0.2, -0.15) is 0 Å². The van der Waals surface area contributed by atoms with Crippen molar-refractivity contribution in [3.63, 3.8) is 0 Å². The van der Waals surface area contributed by atoms with Crippen molar-refractivity contribution >= 4 is 22.6 Å². The Morgan fingerprint density at radius 1 is 1.11 bits per heavy atom. The minimum Gasteiger partial charge on any atom is -0.492 e. The van der Waals surface area contributed by atoms with Gasteiger partial charge in [0.1, 0.15) is 11.6 Å². The molecule has 1 fully saturated rings. The highest BCUT2D eigenvalue weighted by atomic mass is 16.5. The molecule has 28 heavy (non-hydrogen) atoms. The average Bonchev–Trinajstić information content (AvgIpc) is 3.27. The van der Waals surface area contributed by atoms with Gasteiger partial charge in [-0.1, -0.05) is 37.6 Å². The van der Waals surface area contributed by atoms with Gasteiger partial charge in [-0.3, -0.25) is 4.79 Å².